The third-order valence-corrected chi connectivity index (χ3v) is 3.01. The van der Waals surface area contributed by atoms with Crippen molar-refractivity contribution in [3.8, 4) is 11.6 Å². The normalized spacial score (nSPS) is 10.8. The molecule has 0 spiro atoms. The van der Waals surface area contributed by atoms with Crippen molar-refractivity contribution < 1.29 is 9.15 Å². The van der Waals surface area contributed by atoms with E-state index in [1.807, 2.05) is 6.92 Å². The van der Waals surface area contributed by atoms with Gasteiger partial charge in [0.1, 0.15) is 10.9 Å². The predicted molar refractivity (Wildman–Crippen MR) is 78.2 cm³/mol. The van der Waals surface area contributed by atoms with Gasteiger partial charge in [0.25, 0.3) is 0 Å². The van der Waals surface area contributed by atoms with Crippen molar-refractivity contribution in [3.05, 3.63) is 39.5 Å². The van der Waals surface area contributed by atoms with Crippen LogP contribution in [0.15, 0.2) is 27.4 Å². The molecule has 0 atom stereocenters. The van der Waals surface area contributed by atoms with Crippen LogP contribution in [0.2, 0.25) is 5.15 Å². The van der Waals surface area contributed by atoms with Gasteiger partial charge in [-0.15, -0.1) is 0 Å². The van der Waals surface area contributed by atoms with E-state index < -0.39 is 5.76 Å². The predicted octanol–water partition coefficient (Wildman–Crippen LogP) is 2.71. The summed E-state index contributed by atoms with van der Waals surface area (Å²) >= 11 is 5.89. The van der Waals surface area contributed by atoms with Gasteiger partial charge in [-0.2, -0.15) is 4.98 Å². The van der Waals surface area contributed by atoms with Crippen molar-refractivity contribution in [2.75, 3.05) is 12.4 Å². The van der Waals surface area contributed by atoms with E-state index in [1.165, 1.54) is 6.07 Å². The second-order valence-corrected chi connectivity index (χ2v) is 4.72. The third kappa shape index (κ3) is 2.68. The summed E-state index contributed by atoms with van der Waals surface area (Å²) in [4.78, 5) is 21.9. The van der Waals surface area contributed by atoms with Crippen LogP contribution in [0.25, 0.3) is 11.1 Å². The van der Waals surface area contributed by atoms with Crippen molar-refractivity contribution in [1.82, 2.24) is 15.0 Å². The van der Waals surface area contributed by atoms with Gasteiger partial charge in [-0.25, -0.2) is 9.78 Å². The maximum Gasteiger partial charge on any atom is 0.417 e. The Balaban J connectivity index is 2.01. The van der Waals surface area contributed by atoms with E-state index in [2.05, 4.69) is 20.3 Å². The van der Waals surface area contributed by atoms with Gasteiger partial charge in [0.15, 0.2) is 5.58 Å². The van der Waals surface area contributed by atoms with Gasteiger partial charge < -0.3 is 14.5 Å². The van der Waals surface area contributed by atoms with E-state index in [0.717, 1.165) is 5.56 Å². The van der Waals surface area contributed by atoms with Crippen LogP contribution in [-0.4, -0.2) is 22.0 Å². The molecule has 0 saturated heterocycles. The maximum absolute atomic E-state index is 11.2. The van der Waals surface area contributed by atoms with Crippen LogP contribution in [0.5, 0.6) is 11.6 Å². The summed E-state index contributed by atoms with van der Waals surface area (Å²) < 4.78 is 10.7. The first-order valence-corrected chi connectivity index (χ1v) is 6.46. The van der Waals surface area contributed by atoms with E-state index in [1.54, 1.807) is 19.2 Å². The zero-order chi connectivity index (χ0) is 15.0. The topological polar surface area (TPSA) is 93.0 Å². The van der Waals surface area contributed by atoms with Gasteiger partial charge in [-0.3, -0.25) is 4.98 Å². The Hall–Kier alpha value is -2.54. The molecular weight excluding hydrogens is 296 g/mol. The highest BCUT2D eigenvalue weighted by Crippen LogP contribution is 2.27. The van der Waals surface area contributed by atoms with Crippen LogP contribution in [-0.2, 0) is 0 Å². The number of H-pyrrole nitrogens is 1. The molecule has 0 fully saturated rings. The molecule has 2 aromatic heterocycles. The first kappa shape index (κ1) is 13.4. The minimum Gasteiger partial charge on any atom is -0.439 e. The fraction of sp³-hybridized carbons (Fsp3) is 0.154. The molecule has 1 aromatic carbocycles. The van der Waals surface area contributed by atoms with E-state index in [4.69, 9.17) is 20.8 Å². The molecule has 0 radical (unpaired) electrons. The van der Waals surface area contributed by atoms with Crippen LogP contribution < -0.4 is 15.8 Å². The van der Waals surface area contributed by atoms with Gasteiger partial charge in [0, 0.05) is 19.2 Å². The maximum atomic E-state index is 11.2. The average Bonchev–Trinajstić information content (AvgIpc) is 2.79. The Morgan fingerprint density at radius 3 is 2.90 bits per heavy atom. The number of anilines is 1. The second-order valence-electron chi connectivity index (χ2n) is 4.33. The van der Waals surface area contributed by atoms with Crippen LogP contribution in [0.3, 0.4) is 0 Å². The van der Waals surface area contributed by atoms with Gasteiger partial charge in [0.2, 0.25) is 11.8 Å². The number of halogens is 1. The van der Waals surface area contributed by atoms with E-state index in [-0.39, 0.29) is 11.0 Å². The molecule has 3 aromatic rings. The lowest BCUT2D eigenvalue weighted by Crippen LogP contribution is -1.98. The monoisotopic (exact) mass is 306 g/mol. The Bertz CT molecular complexity index is 871. The molecule has 108 valence electrons. The van der Waals surface area contributed by atoms with Crippen LogP contribution in [0.4, 0.5) is 5.95 Å². The van der Waals surface area contributed by atoms with Crippen molar-refractivity contribution in [1.29, 1.82) is 0 Å². The SMILES string of the molecule is CNc1nc(Cl)cc(Oc2cc(C)c3[nH]c(=O)oc3c2)n1. The number of oxazole rings is 1. The molecule has 3 rings (SSSR count). The van der Waals surface area contributed by atoms with Gasteiger partial charge in [-0.1, -0.05) is 11.6 Å². The Labute approximate surface area is 123 Å². The molecule has 0 unspecified atom stereocenters. The van der Waals surface area contributed by atoms with Crippen LogP contribution >= 0.6 is 11.6 Å². The summed E-state index contributed by atoms with van der Waals surface area (Å²) in [5, 5.41) is 3.05. The number of hydrogen-bond donors (Lipinski definition) is 2. The minimum absolute atomic E-state index is 0.260. The number of ether oxygens (including phenoxy) is 1. The quantitative estimate of drug-likeness (QED) is 0.723. The average molecular weight is 307 g/mol. The number of aryl methyl sites for hydroxylation is 1. The van der Waals surface area contributed by atoms with Gasteiger partial charge in [0.05, 0.1) is 5.52 Å². The number of hydrogen-bond acceptors (Lipinski definition) is 6. The first-order valence-electron chi connectivity index (χ1n) is 6.09. The molecule has 2 heterocycles. The summed E-state index contributed by atoms with van der Waals surface area (Å²) in [5.74, 6) is 0.617. The fourth-order valence-corrected chi connectivity index (χ4v) is 2.11. The van der Waals surface area contributed by atoms with Gasteiger partial charge in [-0.05, 0) is 18.6 Å². The lowest BCUT2D eigenvalue weighted by molar-refractivity contribution is 0.461. The second kappa shape index (κ2) is 5.10. The highest BCUT2D eigenvalue weighted by atomic mass is 35.5. The summed E-state index contributed by atoms with van der Waals surface area (Å²) in [6, 6.07) is 4.87. The smallest absolute Gasteiger partial charge is 0.417 e. The number of nitrogens with one attached hydrogen (secondary N) is 2. The van der Waals surface area contributed by atoms with Crippen molar-refractivity contribution in [2.24, 2.45) is 0 Å². The summed E-state index contributed by atoms with van der Waals surface area (Å²) in [7, 11) is 1.68. The van der Waals surface area contributed by atoms with Crippen LogP contribution in [0.1, 0.15) is 5.56 Å². The first-order chi connectivity index (χ1) is 10.0. The Morgan fingerprint density at radius 1 is 1.33 bits per heavy atom. The Morgan fingerprint density at radius 2 is 2.14 bits per heavy atom. The number of aromatic amines is 1. The molecule has 0 aliphatic heterocycles. The number of nitrogens with zero attached hydrogens (tertiary/aromatic N) is 2. The zero-order valence-corrected chi connectivity index (χ0v) is 12.0. The molecular formula is C13H11ClN4O3. The fourth-order valence-electron chi connectivity index (χ4n) is 1.93. The third-order valence-electron chi connectivity index (χ3n) is 2.82. The number of fused-ring (bicyclic) bond motifs is 1. The molecule has 2 N–H and O–H groups in total. The van der Waals surface area contributed by atoms with Gasteiger partial charge >= 0.3 is 5.76 Å². The van der Waals surface area contributed by atoms with Crippen molar-refractivity contribution >= 4 is 28.6 Å². The Kier molecular flexibility index (Phi) is 3.26. The van der Waals surface area contributed by atoms with Crippen molar-refractivity contribution in [3.63, 3.8) is 0 Å². The van der Waals surface area contributed by atoms with Crippen molar-refractivity contribution in [2.45, 2.75) is 6.92 Å². The number of aromatic nitrogens is 3. The molecule has 0 saturated carbocycles. The summed E-state index contributed by atoms with van der Waals surface area (Å²) in [5.41, 5.74) is 1.88. The molecule has 21 heavy (non-hydrogen) atoms. The summed E-state index contributed by atoms with van der Waals surface area (Å²) in [6.07, 6.45) is 0. The van der Waals surface area contributed by atoms with E-state index in [9.17, 15) is 4.79 Å². The molecule has 0 bridgehead atoms. The lowest BCUT2D eigenvalue weighted by Gasteiger charge is -2.07. The summed E-state index contributed by atoms with van der Waals surface area (Å²) in [6.45, 7) is 1.84. The zero-order valence-electron chi connectivity index (χ0n) is 11.2. The lowest BCUT2D eigenvalue weighted by atomic mass is 10.2. The minimum atomic E-state index is -0.507. The highest BCUT2D eigenvalue weighted by molar-refractivity contribution is 6.29. The molecule has 0 aliphatic rings. The molecule has 0 aliphatic carbocycles. The molecule has 0 amide bonds. The highest BCUT2D eigenvalue weighted by Gasteiger charge is 2.10. The van der Waals surface area contributed by atoms with Crippen LogP contribution in [0, 0.1) is 6.92 Å². The van der Waals surface area contributed by atoms with E-state index >= 15 is 0 Å². The largest absolute Gasteiger partial charge is 0.439 e. The van der Waals surface area contributed by atoms with E-state index in [0.29, 0.717) is 22.8 Å². The molecule has 7 nitrogen and oxygen atoms in total. The number of rotatable bonds is 3. The molecule has 8 heteroatoms. The standard InChI is InChI=1S/C13H11ClN4O3/c1-6-3-7(4-8-11(6)18-13(19)21-8)20-10-5-9(14)16-12(15-2)17-10/h3-5H,1-2H3,(H,18,19)(H,15,16,17). The number of benzene rings is 1.